The van der Waals surface area contributed by atoms with Gasteiger partial charge in [0, 0.05) is 19.0 Å². The summed E-state index contributed by atoms with van der Waals surface area (Å²) >= 11 is 0. The molecule has 0 saturated heterocycles. The van der Waals surface area contributed by atoms with E-state index in [0.29, 0.717) is 12.0 Å². The van der Waals surface area contributed by atoms with Crippen molar-refractivity contribution in [2.45, 2.75) is 44.7 Å². The molecule has 1 aromatic rings. The van der Waals surface area contributed by atoms with Gasteiger partial charge in [-0.3, -0.25) is 0 Å². The summed E-state index contributed by atoms with van der Waals surface area (Å²) in [7, 11) is 0. The Balaban J connectivity index is 1.99. The number of hydrogen-bond donors (Lipinski definition) is 1. The predicted octanol–water partition coefficient (Wildman–Crippen LogP) is 1.21. The van der Waals surface area contributed by atoms with Crippen LogP contribution in [0.25, 0.3) is 0 Å². The van der Waals surface area contributed by atoms with E-state index in [4.69, 9.17) is 0 Å². The molecule has 1 aliphatic carbocycles. The summed E-state index contributed by atoms with van der Waals surface area (Å²) in [5, 5.41) is 12.1. The lowest BCUT2D eigenvalue weighted by Gasteiger charge is -2.23. The van der Waals surface area contributed by atoms with Crippen LogP contribution in [0.3, 0.4) is 0 Å². The van der Waals surface area contributed by atoms with Crippen LogP contribution in [0.5, 0.6) is 0 Å². The maximum atomic E-state index is 4.33. The molecular weight excluding hydrogens is 176 g/mol. The van der Waals surface area contributed by atoms with Crippen molar-refractivity contribution in [1.82, 2.24) is 20.1 Å². The number of hydrogen-bond acceptors (Lipinski definition) is 3. The first kappa shape index (κ1) is 8.41. The molecule has 4 nitrogen and oxygen atoms in total. The minimum absolute atomic E-state index is 0.420. The molecule has 0 aromatic carbocycles. The fraction of sp³-hybridized carbons (Fsp3) is 0.800. The first-order valence-electron chi connectivity index (χ1n) is 5.56. The van der Waals surface area contributed by atoms with Crippen molar-refractivity contribution in [3.05, 3.63) is 11.6 Å². The largest absolute Gasteiger partial charge is 0.312 e. The van der Waals surface area contributed by atoms with Crippen LogP contribution >= 0.6 is 0 Å². The molecule has 0 bridgehead atoms. The maximum Gasteiger partial charge on any atom is 0.150 e. The Morgan fingerprint density at radius 2 is 2.14 bits per heavy atom. The highest BCUT2D eigenvalue weighted by atomic mass is 15.3. The van der Waals surface area contributed by atoms with Crippen LogP contribution in [0.2, 0.25) is 0 Å². The van der Waals surface area contributed by atoms with Crippen LogP contribution in [-0.4, -0.2) is 21.3 Å². The third kappa shape index (κ3) is 1.17. The summed E-state index contributed by atoms with van der Waals surface area (Å²) < 4.78 is 2.34. The lowest BCUT2D eigenvalue weighted by atomic mass is 10.2. The van der Waals surface area contributed by atoms with E-state index in [1.54, 1.807) is 0 Å². The second kappa shape index (κ2) is 3.05. The standard InChI is InChI=1S/C10H16N4/c1-2-8-10-13-12-9(7-3-4-7)14(10)6-5-11-8/h7-8,11H,2-6H2,1H3. The van der Waals surface area contributed by atoms with Crippen molar-refractivity contribution < 1.29 is 0 Å². The van der Waals surface area contributed by atoms with E-state index in [0.717, 1.165) is 25.3 Å². The zero-order valence-corrected chi connectivity index (χ0v) is 8.53. The van der Waals surface area contributed by atoms with Gasteiger partial charge in [0.1, 0.15) is 11.6 Å². The summed E-state index contributed by atoms with van der Waals surface area (Å²) in [5.74, 6) is 3.10. The molecule has 2 heterocycles. The Morgan fingerprint density at radius 3 is 2.86 bits per heavy atom. The molecule has 1 atom stereocenters. The Kier molecular flexibility index (Phi) is 1.83. The quantitative estimate of drug-likeness (QED) is 0.766. The lowest BCUT2D eigenvalue weighted by Crippen LogP contribution is -2.33. The van der Waals surface area contributed by atoms with Crippen molar-refractivity contribution >= 4 is 0 Å². The molecule has 1 fully saturated rings. The first-order valence-corrected chi connectivity index (χ1v) is 5.56. The molecule has 14 heavy (non-hydrogen) atoms. The minimum atomic E-state index is 0.420. The predicted molar refractivity (Wildman–Crippen MR) is 53.0 cm³/mol. The number of fused-ring (bicyclic) bond motifs is 1. The number of aromatic nitrogens is 3. The van der Waals surface area contributed by atoms with Crippen molar-refractivity contribution in [2.24, 2.45) is 0 Å². The molecule has 1 saturated carbocycles. The zero-order chi connectivity index (χ0) is 9.54. The molecule has 0 radical (unpaired) electrons. The summed E-state index contributed by atoms with van der Waals surface area (Å²) in [4.78, 5) is 0. The summed E-state index contributed by atoms with van der Waals surface area (Å²) in [6.45, 7) is 4.30. The monoisotopic (exact) mass is 192 g/mol. The molecule has 1 aromatic heterocycles. The molecule has 1 aliphatic heterocycles. The van der Waals surface area contributed by atoms with E-state index < -0.39 is 0 Å². The lowest BCUT2D eigenvalue weighted by molar-refractivity contribution is 0.400. The Hall–Kier alpha value is -0.900. The molecule has 2 aliphatic rings. The molecule has 3 rings (SSSR count). The molecule has 0 amide bonds. The summed E-state index contributed by atoms with van der Waals surface area (Å²) in [6, 6.07) is 0.420. The van der Waals surface area contributed by atoms with Crippen LogP contribution < -0.4 is 5.32 Å². The van der Waals surface area contributed by atoms with Gasteiger partial charge in [0.05, 0.1) is 6.04 Å². The van der Waals surface area contributed by atoms with Gasteiger partial charge in [0.25, 0.3) is 0 Å². The molecule has 0 spiro atoms. The highest BCUT2D eigenvalue weighted by Gasteiger charge is 2.32. The number of rotatable bonds is 2. The van der Waals surface area contributed by atoms with Crippen LogP contribution in [0.1, 0.15) is 49.8 Å². The topological polar surface area (TPSA) is 42.7 Å². The molecule has 76 valence electrons. The van der Waals surface area contributed by atoms with Gasteiger partial charge in [-0.25, -0.2) is 0 Å². The molecule has 1 N–H and O–H groups in total. The minimum Gasteiger partial charge on any atom is -0.312 e. The Bertz CT molecular complexity index is 340. The van der Waals surface area contributed by atoms with Gasteiger partial charge in [0.2, 0.25) is 0 Å². The fourth-order valence-corrected chi connectivity index (χ4v) is 2.23. The highest BCUT2D eigenvalue weighted by molar-refractivity contribution is 5.12. The van der Waals surface area contributed by atoms with Crippen molar-refractivity contribution in [3.8, 4) is 0 Å². The van der Waals surface area contributed by atoms with E-state index in [-0.39, 0.29) is 0 Å². The van der Waals surface area contributed by atoms with Crippen LogP contribution in [-0.2, 0) is 6.54 Å². The summed E-state index contributed by atoms with van der Waals surface area (Å²) in [6.07, 6.45) is 3.72. The second-order valence-electron chi connectivity index (χ2n) is 4.26. The maximum absolute atomic E-state index is 4.33. The van der Waals surface area contributed by atoms with E-state index in [1.165, 1.54) is 18.7 Å². The smallest absolute Gasteiger partial charge is 0.150 e. The molecular formula is C10H16N4. The van der Waals surface area contributed by atoms with E-state index in [2.05, 4.69) is 27.0 Å². The SMILES string of the molecule is CCC1NCCn2c(C3CC3)nnc21. The third-order valence-electron chi connectivity index (χ3n) is 3.20. The van der Waals surface area contributed by atoms with Gasteiger partial charge in [-0.15, -0.1) is 10.2 Å². The van der Waals surface area contributed by atoms with Crippen molar-refractivity contribution in [1.29, 1.82) is 0 Å². The van der Waals surface area contributed by atoms with Crippen LogP contribution in [0.4, 0.5) is 0 Å². The van der Waals surface area contributed by atoms with Crippen LogP contribution in [0.15, 0.2) is 0 Å². The average molecular weight is 192 g/mol. The fourth-order valence-electron chi connectivity index (χ4n) is 2.23. The van der Waals surface area contributed by atoms with E-state index in [9.17, 15) is 0 Å². The average Bonchev–Trinajstić information content (AvgIpc) is 2.97. The molecule has 1 unspecified atom stereocenters. The van der Waals surface area contributed by atoms with E-state index >= 15 is 0 Å². The molecule has 4 heteroatoms. The van der Waals surface area contributed by atoms with Crippen LogP contribution in [0, 0.1) is 0 Å². The Labute approximate surface area is 83.7 Å². The summed E-state index contributed by atoms with van der Waals surface area (Å²) in [5.41, 5.74) is 0. The van der Waals surface area contributed by atoms with Crippen molar-refractivity contribution in [3.63, 3.8) is 0 Å². The number of nitrogens with one attached hydrogen (secondary N) is 1. The van der Waals surface area contributed by atoms with Gasteiger partial charge in [0.15, 0.2) is 0 Å². The van der Waals surface area contributed by atoms with Gasteiger partial charge in [-0.1, -0.05) is 6.92 Å². The van der Waals surface area contributed by atoms with Gasteiger partial charge in [-0.05, 0) is 19.3 Å². The first-order chi connectivity index (χ1) is 6.90. The second-order valence-corrected chi connectivity index (χ2v) is 4.26. The number of nitrogens with zero attached hydrogens (tertiary/aromatic N) is 3. The van der Waals surface area contributed by atoms with Gasteiger partial charge in [-0.2, -0.15) is 0 Å². The van der Waals surface area contributed by atoms with E-state index in [1.807, 2.05) is 0 Å². The highest BCUT2D eigenvalue weighted by Crippen LogP contribution is 2.40. The van der Waals surface area contributed by atoms with Gasteiger partial charge < -0.3 is 9.88 Å². The normalized spacial score (nSPS) is 26.2. The van der Waals surface area contributed by atoms with Gasteiger partial charge >= 0.3 is 0 Å². The Morgan fingerprint density at radius 1 is 1.36 bits per heavy atom. The van der Waals surface area contributed by atoms with Crippen molar-refractivity contribution in [2.75, 3.05) is 6.54 Å². The zero-order valence-electron chi connectivity index (χ0n) is 8.53. The third-order valence-corrected chi connectivity index (χ3v) is 3.20.